The molecule has 1 aromatic carbocycles. The van der Waals surface area contributed by atoms with Gasteiger partial charge in [-0.1, -0.05) is 0 Å². The predicted octanol–water partition coefficient (Wildman–Crippen LogP) is 1.73. The van der Waals surface area contributed by atoms with Crippen LogP contribution in [0.3, 0.4) is 0 Å². The molecule has 146 valence electrons. The molecule has 26 heavy (non-hydrogen) atoms. The summed E-state index contributed by atoms with van der Waals surface area (Å²) < 4.78 is 43.9. The molecule has 1 aliphatic heterocycles. The number of nitrogens with one attached hydrogen (secondary N) is 1. The number of nitrogens with zero attached hydrogens (tertiary/aromatic N) is 2. The lowest BCUT2D eigenvalue weighted by molar-refractivity contribution is -0.00144. The average Bonchev–Trinajstić information content (AvgIpc) is 2.89. The third-order valence-corrected chi connectivity index (χ3v) is 3.90. The molecule has 5 N–H and O–H groups in total. The Hall–Kier alpha value is -2.49. The van der Waals surface area contributed by atoms with Crippen LogP contribution in [0.4, 0.5) is 14.5 Å². The fourth-order valence-corrected chi connectivity index (χ4v) is 2.74. The molecule has 0 saturated carbocycles. The summed E-state index contributed by atoms with van der Waals surface area (Å²) >= 11 is 0. The summed E-state index contributed by atoms with van der Waals surface area (Å²) in [6.45, 7) is -0.0710. The maximum atomic E-state index is 14.2. The van der Waals surface area contributed by atoms with Crippen molar-refractivity contribution in [2.24, 2.45) is 16.5 Å². The summed E-state index contributed by atoms with van der Waals surface area (Å²) in [6.07, 6.45) is -0.456. The number of hydrogen-bond donors (Lipinski definition) is 3. The van der Waals surface area contributed by atoms with Crippen LogP contribution >= 0.6 is 12.4 Å². The highest BCUT2D eigenvalue weighted by atomic mass is 35.5. The largest absolute Gasteiger partial charge is 0.493 e. The van der Waals surface area contributed by atoms with Gasteiger partial charge in [0.2, 0.25) is 5.75 Å². The Morgan fingerprint density at radius 2 is 1.73 bits per heavy atom. The molecule has 1 unspecified atom stereocenters. The van der Waals surface area contributed by atoms with Crippen molar-refractivity contribution in [3.8, 4) is 17.2 Å². The third-order valence-electron chi connectivity index (χ3n) is 3.90. The molecule has 0 aromatic heterocycles. The van der Waals surface area contributed by atoms with Crippen LogP contribution in [0, 0.1) is 5.41 Å². The average molecular weight is 394 g/mol. The van der Waals surface area contributed by atoms with Gasteiger partial charge in [-0.05, 0) is 0 Å². The lowest BCUT2D eigenvalue weighted by atomic mass is 10.1. The van der Waals surface area contributed by atoms with Crippen LogP contribution in [-0.4, -0.2) is 56.5 Å². The topological polar surface area (TPSA) is 119 Å². The molecule has 2 rings (SSSR count). The van der Waals surface area contributed by atoms with Crippen LogP contribution in [0.5, 0.6) is 17.2 Å². The molecule has 0 radical (unpaired) electrons. The molecular formula is C15H22ClF2N5O3. The predicted molar refractivity (Wildman–Crippen MR) is 96.6 cm³/mol. The molecule has 1 saturated heterocycles. The van der Waals surface area contributed by atoms with E-state index in [4.69, 9.17) is 31.1 Å². The van der Waals surface area contributed by atoms with Gasteiger partial charge in [-0.15, -0.1) is 12.4 Å². The second-order valence-corrected chi connectivity index (χ2v) is 5.41. The molecule has 8 nitrogen and oxygen atoms in total. The monoisotopic (exact) mass is 393 g/mol. The minimum Gasteiger partial charge on any atom is -0.493 e. The molecule has 0 spiro atoms. The Bertz CT molecular complexity index is 677. The zero-order chi connectivity index (χ0) is 18.8. The van der Waals surface area contributed by atoms with Gasteiger partial charge in [0, 0.05) is 25.1 Å². The van der Waals surface area contributed by atoms with Crippen molar-refractivity contribution in [1.29, 1.82) is 5.41 Å². The van der Waals surface area contributed by atoms with Crippen molar-refractivity contribution >= 4 is 29.9 Å². The van der Waals surface area contributed by atoms with Crippen LogP contribution in [0.15, 0.2) is 17.1 Å². The van der Waals surface area contributed by atoms with Gasteiger partial charge in [0.25, 0.3) is 5.92 Å². The van der Waals surface area contributed by atoms with Crippen LogP contribution in [0.2, 0.25) is 0 Å². The number of hydrogen-bond acceptors (Lipinski definition) is 5. The highest BCUT2D eigenvalue weighted by Gasteiger charge is 2.51. The second-order valence-electron chi connectivity index (χ2n) is 5.41. The normalized spacial score (nSPS) is 18.9. The van der Waals surface area contributed by atoms with Gasteiger partial charge in [0.15, 0.2) is 23.5 Å². The molecule has 1 fully saturated rings. The van der Waals surface area contributed by atoms with Gasteiger partial charge in [0.05, 0.1) is 27.0 Å². The summed E-state index contributed by atoms with van der Waals surface area (Å²) in [7, 11) is 4.30. The van der Waals surface area contributed by atoms with Crippen molar-refractivity contribution in [2.45, 2.75) is 18.4 Å². The summed E-state index contributed by atoms with van der Waals surface area (Å²) in [5.74, 6) is -3.00. The molecule has 1 aromatic rings. The van der Waals surface area contributed by atoms with E-state index < -0.39 is 24.3 Å². The van der Waals surface area contributed by atoms with Gasteiger partial charge >= 0.3 is 0 Å². The first-order valence-corrected chi connectivity index (χ1v) is 7.37. The fraction of sp³-hybridized carbons (Fsp3) is 0.467. The Labute approximate surface area is 156 Å². The van der Waals surface area contributed by atoms with Crippen molar-refractivity contribution in [3.05, 3.63) is 12.1 Å². The first-order valence-electron chi connectivity index (χ1n) is 7.37. The Kier molecular flexibility index (Phi) is 6.85. The first kappa shape index (κ1) is 21.6. The molecule has 0 amide bonds. The number of likely N-dealkylation sites (tertiary alicyclic amines) is 1. The Morgan fingerprint density at radius 3 is 2.15 bits per heavy atom. The van der Waals surface area contributed by atoms with E-state index in [1.165, 1.54) is 33.5 Å². The maximum Gasteiger partial charge on any atom is 0.276 e. The molecule has 1 atom stereocenters. The van der Waals surface area contributed by atoms with Crippen LogP contribution in [0.1, 0.15) is 6.42 Å². The summed E-state index contributed by atoms with van der Waals surface area (Å²) in [6, 6.07) is 1.39. The smallest absolute Gasteiger partial charge is 0.276 e. The number of alkyl halides is 2. The highest BCUT2D eigenvalue weighted by Crippen LogP contribution is 2.41. The van der Waals surface area contributed by atoms with Gasteiger partial charge in [-0.2, -0.15) is 0 Å². The van der Waals surface area contributed by atoms with E-state index in [0.717, 1.165) is 4.90 Å². The van der Waals surface area contributed by atoms with E-state index >= 15 is 0 Å². The second kappa shape index (κ2) is 8.26. The molecule has 0 bridgehead atoms. The molecule has 0 aliphatic carbocycles. The van der Waals surface area contributed by atoms with Gasteiger partial charge in [-0.25, -0.2) is 13.8 Å². The maximum absolute atomic E-state index is 14.2. The van der Waals surface area contributed by atoms with Crippen LogP contribution in [0.25, 0.3) is 0 Å². The molecule has 11 heteroatoms. The Balaban J connectivity index is 0.00000338. The lowest BCUT2D eigenvalue weighted by Crippen LogP contribution is -2.52. The van der Waals surface area contributed by atoms with Crippen molar-refractivity contribution in [3.63, 3.8) is 0 Å². The fourth-order valence-electron chi connectivity index (χ4n) is 2.74. The number of rotatable bonds is 5. The molecule has 1 heterocycles. The van der Waals surface area contributed by atoms with E-state index in [-0.39, 0.29) is 30.5 Å². The number of guanidine groups is 1. The highest BCUT2D eigenvalue weighted by molar-refractivity contribution is 5.93. The van der Waals surface area contributed by atoms with E-state index in [0.29, 0.717) is 17.2 Å². The molecule has 1 aliphatic rings. The van der Waals surface area contributed by atoms with Crippen molar-refractivity contribution in [1.82, 2.24) is 4.90 Å². The molecular weight excluding hydrogens is 372 g/mol. The van der Waals surface area contributed by atoms with Crippen LogP contribution in [-0.2, 0) is 0 Å². The van der Waals surface area contributed by atoms with E-state index in [1.54, 1.807) is 0 Å². The number of ether oxygens (including phenoxy) is 3. The van der Waals surface area contributed by atoms with Crippen LogP contribution < -0.4 is 25.7 Å². The standard InChI is InChI=1S/C15H21F2N5O3.ClH/c1-23-9-6-8(7-10(24-2)11(9)25-3)21-13(18)12-15(16,17)4-5-22(12)14(19)20;/h6-7,12H,4-5H2,1-3H3,(H2,18,21)(H3,19,20);1H. The first-order chi connectivity index (χ1) is 11.7. The Morgan fingerprint density at radius 1 is 1.19 bits per heavy atom. The summed E-state index contributed by atoms with van der Waals surface area (Å²) in [5, 5.41) is 7.46. The van der Waals surface area contributed by atoms with Crippen molar-refractivity contribution in [2.75, 3.05) is 27.9 Å². The van der Waals surface area contributed by atoms with E-state index in [1.807, 2.05) is 0 Å². The van der Waals surface area contributed by atoms with Crippen molar-refractivity contribution < 1.29 is 23.0 Å². The summed E-state index contributed by atoms with van der Waals surface area (Å²) in [4.78, 5) is 5.09. The zero-order valence-electron chi connectivity index (χ0n) is 14.6. The lowest BCUT2D eigenvalue weighted by Gasteiger charge is -2.27. The third kappa shape index (κ3) is 4.01. The van der Waals surface area contributed by atoms with Gasteiger partial charge in [-0.3, -0.25) is 5.41 Å². The van der Waals surface area contributed by atoms with E-state index in [9.17, 15) is 8.78 Å². The zero-order valence-corrected chi connectivity index (χ0v) is 15.4. The number of amidine groups is 1. The van der Waals surface area contributed by atoms with Gasteiger partial charge in [0.1, 0.15) is 5.84 Å². The number of benzene rings is 1. The van der Waals surface area contributed by atoms with Gasteiger partial charge < -0.3 is 30.6 Å². The number of methoxy groups -OCH3 is 3. The quantitative estimate of drug-likeness (QED) is 0.517. The minimum atomic E-state index is -3.14. The summed E-state index contributed by atoms with van der Waals surface area (Å²) in [5.41, 5.74) is 11.5. The number of nitrogens with two attached hydrogens (primary N) is 2. The minimum absolute atomic E-state index is 0. The SMILES string of the molecule is COc1cc(N=C(N)C2N(C(=N)N)CCC2(F)F)cc(OC)c1OC.Cl. The number of aliphatic imine (C=N–C) groups is 1. The van der Waals surface area contributed by atoms with E-state index in [2.05, 4.69) is 4.99 Å². The number of halogens is 3.